The maximum Gasteiger partial charge on any atom is 0.0549 e. The van der Waals surface area contributed by atoms with Crippen LogP contribution in [0.3, 0.4) is 0 Å². The molecule has 1 aliphatic rings. The minimum absolute atomic E-state index is 0.404. The molecule has 0 aromatic carbocycles. The molecule has 1 rings (SSSR count). The lowest BCUT2D eigenvalue weighted by Crippen LogP contribution is -2.37. The first-order chi connectivity index (χ1) is 6.72. The van der Waals surface area contributed by atoms with Gasteiger partial charge < -0.3 is 10.1 Å². The fourth-order valence-electron chi connectivity index (χ4n) is 2.82. The van der Waals surface area contributed by atoms with Crippen LogP contribution in [0.15, 0.2) is 0 Å². The summed E-state index contributed by atoms with van der Waals surface area (Å²) in [5, 5.41) is 3.35. The van der Waals surface area contributed by atoms with Crippen molar-refractivity contribution in [1.29, 1.82) is 0 Å². The van der Waals surface area contributed by atoms with E-state index in [0.717, 1.165) is 6.54 Å². The average Bonchev–Trinajstić information content (AvgIpc) is 2.19. The summed E-state index contributed by atoms with van der Waals surface area (Å²) < 4.78 is 5.40. The Labute approximate surface area is 88.4 Å². The molecule has 1 unspecified atom stereocenters. The maximum absolute atomic E-state index is 5.40. The fourth-order valence-corrected chi connectivity index (χ4v) is 2.82. The molecular formula is C12H25NO. The molecule has 0 aliphatic heterocycles. The van der Waals surface area contributed by atoms with Crippen LogP contribution in [-0.4, -0.2) is 26.8 Å². The summed E-state index contributed by atoms with van der Waals surface area (Å²) in [4.78, 5) is 0. The van der Waals surface area contributed by atoms with Crippen LogP contribution < -0.4 is 5.32 Å². The molecule has 1 saturated carbocycles. The topological polar surface area (TPSA) is 21.3 Å². The second-order valence-corrected chi connectivity index (χ2v) is 4.84. The van der Waals surface area contributed by atoms with Crippen molar-refractivity contribution < 1.29 is 4.74 Å². The molecule has 14 heavy (non-hydrogen) atoms. The second kappa shape index (κ2) is 5.72. The summed E-state index contributed by atoms with van der Waals surface area (Å²) >= 11 is 0. The lowest BCUT2D eigenvalue weighted by atomic mass is 9.70. The van der Waals surface area contributed by atoms with E-state index in [-0.39, 0.29) is 0 Å². The normalized spacial score (nSPS) is 23.4. The Balaban J connectivity index is 2.50. The standard InChI is InChI=1S/C12H25NO/c1-11(14-3)9-12(10-13-2)7-5-4-6-8-12/h11,13H,4-10H2,1-3H3. The van der Waals surface area contributed by atoms with E-state index < -0.39 is 0 Å². The first-order valence-electron chi connectivity index (χ1n) is 5.90. The molecule has 0 saturated heterocycles. The van der Waals surface area contributed by atoms with Crippen molar-refractivity contribution >= 4 is 0 Å². The van der Waals surface area contributed by atoms with Crippen LogP contribution in [0.25, 0.3) is 0 Å². The fraction of sp³-hybridized carbons (Fsp3) is 1.00. The molecule has 0 spiro atoms. The largest absolute Gasteiger partial charge is 0.382 e. The van der Waals surface area contributed by atoms with Crippen molar-refractivity contribution in [2.75, 3.05) is 20.7 Å². The Morgan fingerprint density at radius 2 is 1.93 bits per heavy atom. The Bertz CT molecular complexity index is 147. The van der Waals surface area contributed by atoms with Crippen LogP contribution in [0.2, 0.25) is 0 Å². The summed E-state index contributed by atoms with van der Waals surface area (Å²) in [6.07, 6.45) is 8.60. The van der Waals surface area contributed by atoms with Crippen LogP contribution in [-0.2, 0) is 4.74 Å². The van der Waals surface area contributed by atoms with Gasteiger partial charge in [0.2, 0.25) is 0 Å². The molecule has 2 heteroatoms. The van der Waals surface area contributed by atoms with Crippen molar-refractivity contribution in [3.05, 3.63) is 0 Å². The minimum Gasteiger partial charge on any atom is -0.382 e. The molecule has 1 N–H and O–H groups in total. The quantitative estimate of drug-likeness (QED) is 0.735. The number of ether oxygens (including phenoxy) is 1. The molecule has 1 fully saturated rings. The summed E-state index contributed by atoms with van der Waals surface area (Å²) in [5.41, 5.74) is 0.516. The number of hydrogen-bond acceptors (Lipinski definition) is 2. The van der Waals surface area contributed by atoms with Gasteiger partial charge in [0.1, 0.15) is 0 Å². The van der Waals surface area contributed by atoms with Gasteiger partial charge in [0.05, 0.1) is 6.10 Å². The third kappa shape index (κ3) is 3.25. The zero-order valence-corrected chi connectivity index (χ0v) is 9.94. The number of rotatable bonds is 5. The first kappa shape index (κ1) is 12.0. The molecule has 0 aromatic rings. The summed E-state index contributed by atoms with van der Waals surface area (Å²) in [6.45, 7) is 3.34. The molecule has 1 aliphatic carbocycles. The minimum atomic E-state index is 0.404. The summed E-state index contributed by atoms with van der Waals surface area (Å²) in [7, 11) is 3.88. The predicted octanol–water partition coefficient (Wildman–Crippen LogP) is 2.58. The van der Waals surface area contributed by atoms with E-state index in [1.807, 2.05) is 7.11 Å². The number of methoxy groups -OCH3 is 1. The molecule has 0 bridgehead atoms. The highest BCUT2D eigenvalue weighted by molar-refractivity contribution is 4.86. The predicted molar refractivity (Wildman–Crippen MR) is 60.5 cm³/mol. The zero-order chi connectivity index (χ0) is 10.4. The van der Waals surface area contributed by atoms with Crippen molar-refractivity contribution in [3.63, 3.8) is 0 Å². The van der Waals surface area contributed by atoms with Crippen molar-refractivity contribution in [1.82, 2.24) is 5.32 Å². The highest BCUT2D eigenvalue weighted by atomic mass is 16.5. The van der Waals surface area contributed by atoms with Crippen LogP contribution in [0.1, 0.15) is 45.4 Å². The van der Waals surface area contributed by atoms with Gasteiger partial charge in [0, 0.05) is 13.7 Å². The average molecular weight is 199 g/mol. The third-order valence-electron chi connectivity index (χ3n) is 3.59. The maximum atomic E-state index is 5.40. The van der Waals surface area contributed by atoms with Crippen LogP contribution in [0.4, 0.5) is 0 Å². The van der Waals surface area contributed by atoms with E-state index in [1.165, 1.54) is 38.5 Å². The van der Waals surface area contributed by atoms with Crippen LogP contribution in [0, 0.1) is 5.41 Å². The molecule has 84 valence electrons. The van der Waals surface area contributed by atoms with Crippen molar-refractivity contribution in [3.8, 4) is 0 Å². The second-order valence-electron chi connectivity index (χ2n) is 4.84. The molecule has 0 aromatic heterocycles. The Morgan fingerprint density at radius 3 is 2.43 bits per heavy atom. The highest BCUT2D eigenvalue weighted by Crippen LogP contribution is 2.39. The molecule has 0 amide bonds. The molecule has 0 heterocycles. The molecular weight excluding hydrogens is 174 g/mol. The van der Waals surface area contributed by atoms with E-state index in [9.17, 15) is 0 Å². The summed E-state index contributed by atoms with van der Waals surface area (Å²) in [6, 6.07) is 0. The smallest absolute Gasteiger partial charge is 0.0549 e. The van der Waals surface area contributed by atoms with Crippen LogP contribution >= 0.6 is 0 Å². The third-order valence-corrected chi connectivity index (χ3v) is 3.59. The van der Waals surface area contributed by atoms with Gasteiger partial charge in [0.15, 0.2) is 0 Å². The summed E-state index contributed by atoms with van der Waals surface area (Å²) in [5.74, 6) is 0. The van der Waals surface area contributed by atoms with Gasteiger partial charge in [-0.25, -0.2) is 0 Å². The van der Waals surface area contributed by atoms with E-state index >= 15 is 0 Å². The van der Waals surface area contributed by atoms with Gasteiger partial charge in [-0.1, -0.05) is 19.3 Å². The van der Waals surface area contributed by atoms with E-state index in [2.05, 4.69) is 19.3 Å². The van der Waals surface area contributed by atoms with E-state index in [4.69, 9.17) is 4.74 Å². The molecule has 1 atom stereocenters. The Hall–Kier alpha value is -0.0800. The van der Waals surface area contributed by atoms with Gasteiger partial charge in [-0.05, 0) is 38.6 Å². The molecule has 2 nitrogen and oxygen atoms in total. The lowest BCUT2D eigenvalue weighted by Gasteiger charge is -2.39. The van der Waals surface area contributed by atoms with Gasteiger partial charge in [-0.3, -0.25) is 0 Å². The zero-order valence-electron chi connectivity index (χ0n) is 9.94. The van der Waals surface area contributed by atoms with Gasteiger partial charge in [0.25, 0.3) is 0 Å². The highest BCUT2D eigenvalue weighted by Gasteiger charge is 2.32. The van der Waals surface area contributed by atoms with Gasteiger partial charge in [-0.15, -0.1) is 0 Å². The lowest BCUT2D eigenvalue weighted by molar-refractivity contribution is 0.0460. The van der Waals surface area contributed by atoms with Crippen molar-refractivity contribution in [2.24, 2.45) is 5.41 Å². The van der Waals surface area contributed by atoms with E-state index in [0.29, 0.717) is 11.5 Å². The van der Waals surface area contributed by atoms with Crippen molar-refractivity contribution in [2.45, 2.75) is 51.6 Å². The Kier molecular flexibility index (Phi) is 4.90. The number of hydrogen-bond donors (Lipinski definition) is 1. The molecule has 0 radical (unpaired) electrons. The monoisotopic (exact) mass is 199 g/mol. The first-order valence-corrected chi connectivity index (χ1v) is 5.90. The number of nitrogens with one attached hydrogen (secondary N) is 1. The van der Waals surface area contributed by atoms with Crippen LogP contribution in [0.5, 0.6) is 0 Å². The Morgan fingerprint density at radius 1 is 1.29 bits per heavy atom. The van der Waals surface area contributed by atoms with Gasteiger partial charge in [-0.2, -0.15) is 0 Å². The van der Waals surface area contributed by atoms with E-state index in [1.54, 1.807) is 0 Å². The van der Waals surface area contributed by atoms with Gasteiger partial charge >= 0.3 is 0 Å². The SMILES string of the molecule is CNCC1(CC(C)OC)CCCCC1.